The van der Waals surface area contributed by atoms with Crippen LogP contribution in [0.2, 0.25) is 0 Å². The first-order valence-corrected chi connectivity index (χ1v) is 11.6. The molecule has 2 aromatic carbocycles. The molecule has 1 atom stereocenters. The number of benzene rings is 2. The summed E-state index contributed by atoms with van der Waals surface area (Å²) >= 11 is 0. The molecule has 31 heavy (non-hydrogen) atoms. The van der Waals surface area contributed by atoms with Gasteiger partial charge in [-0.05, 0) is 24.1 Å². The van der Waals surface area contributed by atoms with Crippen LogP contribution < -0.4 is 15.1 Å². The summed E-state index contributed by atoms with van der Waals surface area (Å²) in [6.07, 6.45) is 2.28. The predicted molar refractivity (Wildman–Crippen MR) is 124 cm³/mol. The van der Waals surface area contributed by atoms with Gasteiger partial charge in [0.15, 0.2) is 5.75 Å². The lowest BCUT2D eigenvalue weighted by molar-refractivity contribution is -0.116. The molecule has 3 aromatic rings. The lowest BCUT2D eigenvalue weighted by Crippen LogP contribution is -2.34. The monoisotopic (exact) mass is 438 g/mol. The zero-order chi connectivity index (χ0) is 22.1. The molecular formula is C24H26N2O4S. The van der Waals surface area contributed by atoms with Gasteiger partial charge in [0, 0.05) is 34.4 Å². The fourth-order valence-electron chi connectivity index (χ4n) is 3.05. The number of anilines is 1. The van der Waals surface area contributed by atoms with Crippen molar-refractivity contribution in [1.29, 1.82) is 0 Å². The maximum atomic E-state index is 13.0. The smallest absolute Gasteiger partial charge is 0.239 e. The van der Waals surface area contributed by atoms with Crippen molar-refractivity contribution in [3.05, 3.63) is 94.4 Å². The minimum Gasteiger partial charge on any atom is -0.488 e. The number of para-hydroxylation sites is 1. The first-order chi connectivity index (χ1) is 15.1. The topological polar surface area (TPSA) is 79.5 Å². The fourth-order valence-corrected chi connectivity index (χ4v) is 4.09. The van der Waals surface area contributed by atoms with E-state index in [1.165, 1.54) is 12.3 Å². The minimum atomic E-state index is -1.48. The SMILES string of the molecule is CCCOc1c[nH]c(CS(=O)CC(=O)N(Cc2ccccc2)c2ccccc2)cc1=O. The van der Waals surface area contributed by atoms with E-state index in [0.29, 0.717) is 18.8 Å². The van der Waals surface area contributed by atoms with Crippen LogP contribution in [0.5, 0.6) is 5.75 Å². The predicted octanol–water partition coefficient (Wildman–Crippen LogP) is 3.65. The zero-order valence-corrected chi connectivity index (χ0v) is 18.3. The molecule has 6 nitrogen and oxygen atoms in total. The third-order valence-electron chi connectivity index (χ3n) is 4.55. The highest BCUT2D eigenvalue weighted by Crippen LogP contribution is 2.18. The fraction of sp³-hybridized carbons (Fsp3) is 0.250. The zero-order valence-electron chi connectivity index (χ0n) is 17.5. The van der Waals surface area contributed by atoms with E-state index < -0.39 is 10.8 Å². The summed E-state index contributed by atoms with van der Waals surface area (Å²) in [6, 6.07) is 20.4. The molecule has 0 bridgehead atoms. The molecule has 0 saturated carbocycles. The van der Waals surface area contributed by atoms with Crippen molar-refractivity contribution < 1.29 is 13.7 Å². The molecule has 1 N–H and O–H groups in total. The molecule has 0 fully saturated rings. The van der Waals surface area contributed by atoms with E-state index in [1.54, 1.807) is 4.90 Å². The number of carbonyl (C=O) groups is 1. The molecule has 0 spiro atoms. The number of ether oxygens (including phenoxy) is 1. The minimum absolute atomic E-state index is 0.0863. The summed E-state index contributed by atoms with van der Waals surface area (Å²) in [5.74, 6) is -0.0508. The molecule has 7 heteroatoms. The molecule has 1 unspecified atom stereocenters. The summed E-state index contributed by atoms with van der Waals surface area (Å²) in [5.41, 5.74) is 1.98. The standard InChI is InChI=1S/C24H26N2O4S/c1-2-13-30-23-15-25-20(14-22(23)27)17-31(29)18-24(28)26(21-11-7-4-8-12-21)16-19-9-5-3-6-10-19/h3-12,14-15H,2,13,16-18H2,1H3,(H,25,27). The second-order valence-electron chi connectivity index (χ2n) is 7.06. The van der Waals surface area contributed by atoms with E-state index in [9.17, 15) is 13.8 Å². The molecule has 0 radical (unpaired) electrons. The third-order valence-corrected chi connectivity index (χ3v) is 5.75. The Bertz CT molecular complexity index is 1070. The number of nitrogens with zero attached hydrogens (tertiary/aromatic N) is 1. The molecule has 0 saturated heterocycles. The van der Waals surface area contributed by atoms with Crippen molar-refractivity contribution in [3.63, 3.8) is 0 Å². The second-order valence-corrected chi connectivity index (χ2v) is 8.52. The van der Waals surface area contributed by atoms with Crippen molar-refractivity contribution >= 4 is 22.4 Å². The number of rotatable bonds is 10. The quantitative estimate of drug-likeness (QED) is 0.524. The lowest BCUT2D eigenvalue weighted by Gasteiger charge is -2.23. The first kappa shape index (κ1) is 22.5. The van der Waals surface area contributed by atoms with Crippen molar-refractivity contribution in [2.24, 2.45) is 0 Å². The van der Waals surface area contributed by atoms with E-state index in [1.807, 2.05) is 67.6 Å². The number of amides is 1. The van der Waals surface area contributed by atoms with E-state index >= 15 is 0 Å². The summed E-state index contributed by atoms with van der Waals surface area (Å²) < 4.78 is 18.1. The highest BCUT2D eigenvalue weighted by molar-refractivity contribution is 7.84. The van der Waals surface area contributed by atoms with E-state index in [2.05, 4.69) is 4.98 Å². The van der Waals surface area contributed by atoms with Gasteiger partial charge in [-0.2, -0.15) is 0 Å². The van der Waals surface area contributed by atoms with E-state index in [0.717, 1.165) is 17.7 Å². The highest BCUT2D eigenvalue weighted by atomic mass is 32.2. The van der Waals surface area contributed by atoms with Crippen LogP contribution in [0.3, 0.4) is 0 Å². The van der Waals surface area contributed by atoms with Gasteiger partial charge in [-0.15, -0.1) is 0 Å². The second kappa shape index (κ2) is 11.3. The van der Waals surface area contributed by atoms with Gasteiger partial charge in [0.05, 0.1) is 18.9 Å². The Morgan fingerprint density at radius 2 is 1.74 bits per heavy atom. The summed E-state index contributed by atoms with van der Waals surface area (Å²) in [4.78, 5) is 29.7. The number of hydrogen-bond donors (Lipinski definition) is 1. The molecular weight excluding hydrogens is 412 g/mol. The van der Waals surface area contributed by atoms with Crippen LogP contribution >= 0.6 is 0 Å². The van der Waals surface area contributed by atoms with Gasteiger partial charge in [0.1, 0.15) is 5.75 Å². The Kier molecular flexibility index (Phi) is 8.18. The highest BCUT2D eigenvalue weighted by Gasteiger charge is 2.19. The lowest BCUT2D eigenvalue weighted by atomic mass is 10.2. The molecule has 0 aliphatic carbocycles. The molecule has 0 aliphatic rings. The van der Waals surface area contributed by atoms with Crippen LogP contribution in [-0.4, -0.2) is 27.5 Å². The third kappa shape index (κ3) is 6.65. The van der Waals surface area contributed by atoms with Crippen LogP contribution in [-0.2, 0) is 27.9 Å². The maximum absolute atomic E-state index is 13.0. The molecule has 0 aliphatic heterocycles. The Hall–Kier alpha value is -3.19. The van der Waals surface area contributed by atoms with Gasteiger partial charge in [0.2, 0.25) is 11.3 Å². The average molecular weight is 439 g/mol. The average Bonchev–Trinajstić information content (AvgIpc) is 2.78. The molecule has 1 heterocycles. The van der Waals surface area contributed by atoms with Gasteiger partial charge < -0.3 is 14.6 Å². The van der Waals surface area contributed by atoms with Crippen molar-refractivity contribution in [3.8, 4) is 5.75 Å². The molecule has 3 rings (SSSR count). The van der Waals surface area contributed by atoms with Gasteiger partial charge >= 0.3 is 0 Å². The van der Waals surface area contributed by atoms with Crippen LogP contribution in [0.1, 0.15) is 24.6 Å². The van der Waals surface area contributed by atoms with Crippen LogP contribution in [0.25, 0.3) is 0 Å². The normalized spacial score (nSPS) is 11.6. The number of carbonyl (C=O) groups excluding carboxylic acids is 1. The molecule has 1 amide bonds. The van der Waals surface area contributed by atoms with Crippen LogP contribution in [0.15, 0.2) is 77.7 Å². The van der Waals surface area contributed by atoms with Crippen molar-refractivity contribution in [1.82, 2.24) is 4.98 Å². The largest absolute Gasteiger partial charge is 0.488 e. The number of aromatic amines is 1. The van der Waals surface area contributed by atoms with Crippen molar-refractivity contribution in [2.75, 3.05) is 17.3 Å². The van der Waals surface area contributed by atoms with Crippen LogP contribution in [0, 0.1) is 0 Å². The Morgan fingerprint density at radius 3 is 2.39 bits per heavy atom. The number of nitrogens with one attached hydrogen (secondary N) is 1. The number of pyridine rings is 1. The maximum Gasteiger partial charge on any atom is 0.239 e. The van der Waals surface area contributed by atoms with Gasteiger partial charge in [-0.25, -0.2) is 0 Å². The van der Waals surface area contributed by atoms with Gasteiger partial charge in [0.25, 0.3) is 0 Å². The summed E-state index contributed by atoms with van der Waals surface area (Å²) in [5, 5.41) is 0. The summed E-state index contributed by atoms with van der Waals surface area (Å²) in [6.45, 7) is 2.81. The molecule has 162 valence electrons. The number of aromatic nitrogens is 1. The Balaban J connectivity index is 1.69. The Labute approximate surface area is 184 Å². The molecule has 1 aromatic heterocycles. The number of hydrogen-bond acceptors (Lipinski definition) is 4. The van der Waals surface area contributed by atoms with E-state index in [-0.39, 0.29) is 28.6 Å². The Morgan fingerprint density at radius 1 is 1.06 bits per heavy atom. The van der Waals surface area contributed by atoms with Gasteiger partial charge in [-0.3, -0.25) is 13.8 Å². The van der Waals surface area contributed by atoms with Crippen LogP contribution in [0.4, 0.5) is 5.69 Å². The summed E-state index contributed by atoms with van der Waals surface area (Å²) in [7, 11) is -1.48. The van der Waals surface area contributed by atoms with E-state index in [4.69, 9.17) is 4.74 Å². The first-order valence-electron chi connectivity index (χ1n) is 10.2. The van der Waals surface area contributed by atoms with Gasteiger partial charge in [-0.1, -0.05) is 55.5 Å². The van der Waals surface area contributed by atoms with Crippen molar-refractivity contribution in [2.45, 2.75) is 25.6 Å². The number of H-pyrrole nitrogens is 1.